The maximum atomic E-state index is 13.4. The molecule has 7 heteroatoms. The van der Waals surface area contributed by atoms with Crippen molar-refractivity contribution >= 4 is 46.0 Å². The third kappa shape index (κ3) is 4.00. The van der Waals surface area contributed by atoms with Gasteiger partial charge in [0.15, 0.2) is 5.11 Å². The summed E-state index contributed by atoms with van der Waals surface area (Å²) in [6.45, 7) is 0.134. The zero-order valence-electron chi connectivity index (χ0n) is 15.1. The van der Waals surface area contributed by atoms with Crippen LogP contribution in [-0.4, -0.2) is 16.9 Å². The van der Waals surface area contributed by atoms with Crippen LogP contribution in [0.2, 0.25) is 0 Å². The first-order valence-corrected chi connectivity index (χ1v) is 9.19. The lowest BCUT2D eigenvalue weighted by Crippen LogP contribution is -2.51. The number of carbonyl (C=O) groups excluding carboxylic acids is 2. The summed E-state index contributed by atoms with van der Waals surface area (Å²) in [6, 6.07) is 17.3. The first kappa shape index (κ1) is 18.8. The van der Waals surface area contributed by atoms with E-state index >= 15 is 0 Å². The first-order chi connectivity index (χ1) is 14.0. The normalized spacial score (nSPS) is 13.8. The Morgan fingerprint density at radius 1 is 0.966 bits per heavy atom. The van der Waals surface area contributed by atoms with Crippen LogP contribution in [-0.2, 0) is 16.2 Å². The first-order valence-electron chi connectivity index (χ1n) is 8.78. The van der Waals surface area contributed by atoms with Gasteiger partial charge in [0.05, 0.1) is 0 Å². The minimum atomic E-state index is -0.581. The van der Waals surface area contributed by atoms with Crippen LogP contribution in [0.5, 0.6) is 5.75 Å². The van der Waals surface area contributed by atoms with Gasteiger partial charge in [-0.15, -0.1) is 0 Å². The lowest BCUT2D eigenvalue weighted by atomic mass is 10.00. The van der Waals surface area contributed by atoms with Crippen LogP contribution in [0, 0.1) is 5.82 Å². The highest BCUT2D eigenvalue weighted by Gasteiger charge is 2.26. The summed E-state index contributed by atoms with van der Waals surface area (Å²) in [4.78, 5) is 24.5. The Kier molecular flexibility index (Phi) is 5.05. The van der Waals surface area contributed by atoms with Gasteiger partial charge in [0.2, 0.25) is 0 Å². The Hall–Kier alpha value is -3.58. The number of carbonyl (C=O) groups is 2. The number of fused-ring (bicyclic) bond motifs is 1. The van der Waals surface area contributed by atoms with Crippen molar-refractivity contribution in [3.63, 3.8) is 0 Å². The van der Waals surface area contributed by atoms with Gasteiger partial charge in [0, 0.05) is 5.56 Å². The van der Waals surface area contributed by atoms with Gasteiger partial charge in [-0.3, -0.25) is 20.2 Å². The molecule has 3 aromatic rings. The molecule has 0 atom stereocenters. The van der Waals surface area contributed by atoms with E-state index < -0.39 is 11.8 Å². The SMILES string of the molecule is O=C1NC(=S)NC(=O)C1=Cc1c(OCc2cccc(F)c2)ccc2ccccc12. The van der Waals surface area contributed by atoms with Gasteiger partial charge in [0.25, 0.3) is 11.8 Å². The molecule has 29 heavy (non-hydrogen) atoms. The summed E-state index contributed by atoms with van der Waals surface area (Å²) >= 11 is 4.84. The third-order valence-electron chi connectivity index (χ3n) is 4.45. The molecule has 0 radical (unpaired) electrons. The minimum absolute atomic E-state index is 0.0300. The molecule has 4 rings (SSSR count). The number of ether oxygens (including phenoxy) is 1. The molecule has 0 aromatic heterocycles. The smallest absolute Gasteiger partial charge is 0.263 e. The van der Waals surface area contributed by atoms with E-state index in [2.05, 4.69) is 10.6 Å². The number of halogens is 1. The van der Waals surface area contributed by atoms with Crippen molar-refractivity contribution < 1.29 is 18.7 Å². The third-order valence-corrected chi connectivity index (χ3v) is 4.65. The predicted octanol–water partition coefficient (Wildman–Crippen LogP) is 3.47. The molecular formula is C22H15FN2O3S. The topological polar surface area (TPSA) is 67.4 Å². The van der Waals surface area contributed by atoms with E-state index in [-0.39, 0.29) is 23.1 Å². The fourth-order valence-electron chi connectivity index (χ4n) is 3.09. The average molecular weight is 406 g/mol. The number of nitrogens with one attached hydrogen (secondary N) is 2. The molecule has 1 saturated heterocycles. The van der Waals surface area contributed by atoms with Crippen molar-refractivity contribution in [2.75, 3.05) is 0 Å². The highest BCUT2D eigenvalue weighted by atomic mass is 32.1. The second-order valence-electron chi connectivity index (χ2n) is 6.41. The minimum Gasteiger partial charge on any atom is -0.488 e. The van der Waals surface area contributed by atoms with E-state index in [4.69, 9.17) is 17.0 Å². The highest BCUT2D eigenvalue weighted by molar-refractivity contribution is 7.80. The van der Waals surface area contributed by atoms with E-state index in [0.717, 1.165) is 10.8 Å². The van der Waals surface area contributed by atoms with Crippen molar-refractivity contribution in [1.82, 2.24) is 10.6 Å². The summed E-state index contributed by atoms with van der Waals surface area (Å²) in [5, 5.41) is 6.54. The van der Waals surface area contributed by atoms with Crippen LogP contribution in [0.25, 0.3) is 16.8 Å². The second-order valence-corrected chi connectivity index (χ2v) is 6.82. The molecule has 3 aromatic carbocycles. The van der Waals surface area contributed by atoms with Crippen LogP contribution in [0.1, 0.15) is 11.1 Å². The van der Waals surface area contributed by atoms with E-state index in [1.165, 1.54) is 18.2 Å². The van der Waals surface area contributed by atoms with Crippen LogP contribution >= 0.6 is 12.2 Å². The van der Waals surface area contributed by atoms with E-state index in [9.17, 15) is 14.0 Å². The maximum Gasteiger partial charge on any atom is 0.263 e. The molecule has 0 spiro atoms. The van der Waals surface area contributed by atoms with Crippen LogP contribution in [0.15, 0.2) is 66.2 Å². The average Bonchev–Trinajstić information content (AvgIpc) is 2.69. The van der Waals surface area contributed by atoms with Crippen LogP contribution in [0.4, 0.5) is 4.39 Å². The van der Waals surface area contributed by atoms with Gasteiger partial charge in [-0.2, -0.15) is 0 Å². The van der Waals surface area contributed by atoms with Gasteiger partial charge >= 0.3 is 0 Å². The predicted molar refractivity (Wildman–Crippen MR) is 112 cm³/mol. The number of thiocarbonyl (C=S) groups is 1. The summed E-state index contributed by atoms with van der Waals surface area (Å²) in [7, 11) is 0. The van der Waals surface area contributed by atoms with Crippen molar-refractivity contribution in [2.24, 2.45) is 0 Å². The van der Waals surface area contributed by atoms with E-state index in [1.807, 2.05) is 30.3 Å². The Balaban J connectivity index is 1.77. The number of amides is 2. The van der Waals surface area contributed by atoms with Crippen molar-refractivity contribution in [1.29, 1.82) is 0 Å². The molecule has 0 bridgehead atoms. The van der Waals surface area contributed by atoms with Gasteiger partial charge in [-0.1, -0.05) is 42.5 Å². The summed E-state index contributed by atoms with van der Waals surface area (Å²) in [6.07, 6.45) is 1.48. The maximum absolute atomic E-state index is 13.4. The Labute approximate surface area is 171 Å². The van der Waals surface area contributed by atoms with Gasteiger partial charge < -0.3 is 4.74 Å². The Morgan fingerprint density at radius 2 is 1.72 bits per heavy atom. The number of hydrogen-bond donors (Lipinski definition) is 2. The summed E-state index contributed by atoms with van der Waals surface area (Å²) < 4.78 is 19.4. The molecule has 1 heterocycles. The zero-order valence-corrected chi connectivity index (χ0v) is 15.9. The van der Waals surface area contributed by atoms with Crippen LogP contribution in [0.3, 0.4) is 0 Å². The van der Waals surface area contributed by atoms with E-state index in [1.54, 1.807) is 18.2 Å². The molecule has 0 saturated carbocycles. The number of rotatable bonds is 4. The lowest BCUT2D eigenvalue weighted by Gasteiger charge is -2.18. The molecule has 1 aliphatic rings. The van der Waals surface area contributed by atoms with Crippen molar-refractivity contribution in [3.8, 4) is 5.75 Å². The number of benzene rings is 3. The molecule has 5 nitrogen and oxygen atoms in total. The lowest BCUT2D eigenvalue weighted by molar-refractivity contribution is -0.123. The monoisotopic (exact) mass is 406 g/mol. The second kappa shape index (κ2) is 7.81. The largest absolute Gasteiger partial charge is 0.488 e. The standard InChI is InChI=1S/C22H15FN2O3S/c23-15-6-3-4-13(10-15)12-28-19-9-8-14-5-1-2-7-16(14)17(19)11-18-20(26)24-22(29)25-21(18)27/h1-11H,12H2,(H2,24,25,26,27,29). The summed E-state index contributed by atoms with van der Waals surface area (Å²) in [5.41, 5.74) is 1.16. The zero-order chi connectivity index (χ0) is 20.4. The fourth-order valence-corrected chi connectivity index (χ4v) is 3.27. The Morgan fingerprint density at radius 3 is 2.48 bits per heavy atom. The summed E-state index contributed by atoms with van der Waals surface area (Å²) in [5.74, 6) is -1.04. The fraction of sp³-hybridized carbons (Fsp3) is 0.0455. The molecule has 2 amide bonds. The molecule has 1 fully saturated rings. The molecule has 144 valence electrons. The molecule has 1 aliphatic heterocycles. The highest BCUT2D eigenvalue weighted by Crippen LogP contribution is 2.31. The number of hydrogen-bond acceptors (Lipinski definition) is 4. The van der Waals surface area contributed by atoms with Gasteiger partial charge in [-0.05, 0) is 52.8 Å². The van der Waals surface area contributed by atoms with Gasteiger partial charge in [-0.25, -0.2) is 4.39 Å². The Bertz CT molecular complexity index is 1170. The van der Waals surface area contributed by atoms with Crippen molar-refractivity contribution in [3.05, 3.63) is 83.2 Å². The molecular weight excluding hydrogens is 391 g/mol. The molecule has 0 aliphatic carbocycles. The quantitative estimate of drug-likeness (QED) is 0.396. The van der Waals surface area contributed by atoms with Crippen molar-refractivity contribution in [2.45, 2.75) is 6.61 Å². The molecule has 2 N–H and O–H groups in total. The van der Waals surface area contributed by atoms with Crippen LogP contribution < -0.4 is 15.4 Å². The van der Waals surface area contributed by atoms with E-state index in [0.29, 0.717) is 16.9 Å². The van der Waals surface area contributed by atoms with Gasteiger partial charge in [0.1, 0.15) is 23.7 Å². The molecule has 0 unspecified atom stereocenters.